The minimum Gasteiger partial charge on any atom is -0.497 e. The number of benzene rings is 1. The number of hydrogen-bond acceptors (Lipinski definition) is 6. The zero-order valence-corrected chi connectivity index (χ0v) is 15.7. The van der Waals surface area contributed by atoms with Crippen LogP contribution in [0.2, 0.25) is 0 Å². The number of likely N-dealkylation sites (tertiary alicyclic amines) is 1. The molecular formula is C21H22N4O3. The average Bonchev–Trinajstić information content (AvgIpc) is 3.23. The number of amides is 1. The Bertz CT molecular complexity index is 924. The van der Waals surface area contributed by atoms with Gasteiger partial charge >= 0.3 is 0 Å². The standard InChI is InChI=1S/C21H22N4O3/c1-27-18-6-4-15(5-7-18)9-19-12-24-20(28-19)16-3-2-8-25(13-16)21(26)17-10-22-14-23-11-17/h4-7,10-12,14,16H,2-3,8-9,13H2,1H3. The Hall–Kier alpha value is -3.22. The number of nitrogens with zero attached hydrogens (tertiary/aromatic N) is 4. The second kappa shape index (κ2) is 8.21. The van der Waals surface area contributed by atoms with E-state index in [0.717, 1.165) is 36.5 Å². The maximum absolute atomic E-state index is 12.7. The maximum Gasteiger partial charge on any atom is 0.257 e. The van der Waals surface area contributed by atoms with Gasteiger partial charge in [0.05, 0.1) is 24.8 Å². The summed E-state index contributed by atoms with van der Waals surface area (Å²) in [5.41, 5.74) is 1.64. The van der Waals surface area contributed by atoms with Crippen LogP contribution in [0.25, 0.3) is 0 Å². The Kier molecular flexibility index (Phi) is 5.32. The number of aromatic nitrogens is 3. The molecule has 1 amide bonds. The lowest BCUT2D eigenvalue weighted by Crippen LogP contribution is -2.39. The number of ether oxygens (including phenoxy) is 1. The highest BCUT2D eigenvalue weighted by Crippen LogP contribution is 2.28. The number of piperidine rings is 1. The van der Waals surface area contributed by atoms with Gasteiger partial charge in [-0.2, -0.15) is 0 Å². The molecule has 0 radical (unpaired) electrons. The number of carbonyl (C=O) groups is 1. The third-order valence-electron chi connectivity index (χ3n) is 4.97. The van der Waals surface area contributed by atoms with Crippen LogP contribution in [0.3, 0.4) is 0 Å². The molecule has 28 heavy (non-hydrogen) atoms. The van der Waals surface area contributed by atoms with Crippen LogP contribution in [0.15, 0.2) is 53.6 Å². The maximum atomic E-state index is 12.7. The van der Waals surface area contributed by atoms with Gasteiger partial charge in [0.15, 0.2) is 5.89 Å². The molecule has 1 aliphatic rings. The Morgan fingerprint density at radius 2 is 2.00 bits per heavy atom. The fourth-order valence-electron chi connectivity index (χ4n) is 3.49. The summed E-state index contributed by atoms with van der Waals surface area (Å²) in [6.45, 7) is 1.32. The van der Waals surface area contributed by atoms with E-state index in [1.807, 2.05) is 29.2 Å². The largest absolute Gasteiger partial charge is 0.497 e. The van der Waals surface area contributed by atoms with Crippen LogP contribution in [-0.4, -0.2) is 46.0 Å². The molecular weight excluding hydrogens is 356 g/mol. The second-order valence-electron chi connectivity index (χ2n) is 6.91. The molecule has 7 nitrogen and oxygen atoms in total. The summed E-state index contributed by atoms with van der Waals surface area (Å²) >= 11 is 0. The minimum atomic E-state index is -0.0460. The molecule has 4 rings (SSSR count). The van der Waals surface area contributed by atoms with Gasteiger partial charge in [0.1, 0.15) is 17.8 Å². The lowest BCUT2D eigenvalue weighted by atomic mass is 9.97. The van der Waals surface area contributed by atoms with Crippen molar-refractivity contribution >= 4 is 5.91 Å². The van der Waals surface area contributed by atoms with Crippen LogP contribution in [0.5, 0.6) is 5.75 Å². The van der Waals surface area contributed by atoms with Crippen molar-refractivity contribution in [3.63, 3.8) is 0 Å². The van der Waals surface area contributed by atoms with E-state index in [2.05, 4.69) is 15.0 Å². The molecule has 1 atom stereocenters. The summed E-state index contributed by atoms with van der Waals surface area (Å²) in [6.07, 6.45) is 8.86. The second-order valence-corrected chi connectivity index (χ2v) is 6.91. The number of methoxy groups -OCH3 is 1. The van der Waals surface area contributed by atoms with Gasteiger partial charge in [-0.15, -0.1) is 0 Å². The van der Waals surface area contributed by atoms with Gasteiger partial charge in [0.2, 0.25) is 0 Å². The van der Waals surface area contributed by atoms with Crippen molar-refractivity contribution in [1.29, 1.82) is 0 Å². The number of oxazole rings is 1. The number of rotatable bonds is 5. The lowest BCUT2D eigenvalue weighted by Gasteiger charge is -2.31. The number of carbonyl (C=O) groups excluding carboxylic acids is 1. The molecule has 0 spiro atoms. The van der Waals surface area contributed by atoms with Gasteiger partial charge < -0.3 is 14.1 Å². The van der Waals surface area contributed by atoms with Crippen LogP contribution in [0.4, 0.5) is 0 Å². The Morgan fingerprint density at radius 1 is 1.21 bits per heavy atom. The summed E-state index contributed by atoms with van der Waals surface area (Å²) in [6, 6.07) is 7.91. The summed E-state index contributed by atoms with van der Waals surface area (Å²) < 4.78 is 11.2. The first-order valence-electron chi connectivity index (χ1n) is 9.35. The van der Waals surface area contributed by atoms with Crippen LogP contribution in [-0.2, 0) is 6.42 Å². The van der Waals surface area contributed by atoms with Crippen LogP contribution in [0.1, 0.15) is 46.3 Å². The molecule has 1 aromatic carbocycles. The van der Waals surface area contributed by atoms with Crippen molar-refractivity contribution < 1.29 is 13.9 Å². The predicted molar refractivity (Wildman–Crippen MR) is 102 cm³/mol. The van der Waals surface area contributed by atoms with E-state index in [-0.39, 0.29) is 11.8 Å². The molecule has 144 valence electrons. The zero-order chi connectivity index (χ0) is 19.3. The zero-order valence-electron chi connectivity index (χ0n) is 15.7. The van der Waals surface area contributed by atoms with Crippen molar-refractivity contribution in [2.75, 3.05) is 20.2 Å². The van der Waals surface area contributed by atoms with Crippen molar-refractivity contribution in [1.82, 2.24) is 19.9 Å². The third-order valence-corrected chi connectivity index (χ3v) is 4.97. The summed E-state index contributed by atoms with van der Waals surface area (Å²) in [7, 11) is 1.65. The monoisotopic (exact) mass is 378 g/mol. The molecule has 1 aliphatic heterocycles. The normalized spacial score (nSPS) is 16.8. The SMILES string of the molecule is COc1ccc(Cc2cnc(C3CCCN(C(=O)c4cncnc4)C3)o2)cc1. The highest BCUT2D eigenvalue weighted by molar-refractivity contribution is 5.93. The van der Waals surface area contributed by atoms with Crippen LogP contribution in [0, 0.1) is 0 Å². The van der Waals surface area contributed by atoms with Gasteiger partial charge in [0.25, 0.3) is 5.91 Å². The molecule has 3 aromatic rings. The van der Waals surface area contributed by atoms with E-state index in [0.29, 0.717) is 24.4 Å². The third kappa shape index (κ3) is 4.03. The minimum absolute atomic E-state index is 0.0460. The van der Waals surface area contributed by atoms with Gasteiger partial charge in [-0.1, -0.05) is 12.1 Å². The Labute approximate surface area is 163 Å². The molecule has 0 bridgehead atoms. The van der Waals surface area contributed by atoms with Crippen molar-refractivity contribution in [3.05, 3.63) is 72.0 Å². The molecule has 0 saturated carbocycles. The molecule has 0 N–H and O–H groups in total. The highest BCUT2D eigenvalue weighted by Gasteiger charge is 2.28. The van der Waals surface area contributed by atoms with Gasteiger partial charge in [-0.25, -0.2) is 15.0 Å². The summed E-state index contributed by atoms with van der Waals surface area (Å²) in [5.74, 6) is 2.41. The Morgan fingerprint density at radius 3 is 2.75 bits per heavy atom. The molecule has 2 aromatic heterocycles. The first-order chi connectivity index (χ1) is 13.7. The molecule has 1 saturated heterocycles. The molecule has 1 fully saturated rings. The van der Waals surface area contributed by atoms with Crippen molar-refractivity contribution in [2.45, 2.75) is 25.2 Å². The molecule has 1 unspecified atom stereocenters. The quantitative estimate of drug-likeness (QED) is 0.679. The van der Waals surface area contributed by atoms with Crippen LogP contribution < -0.4 is 4.74 Å². The molecule has 3 heterocycles. The lowest BCUT2D eigenvalue weighted by molar-refractivity contribution is 0.0697. The van der Waals surface area contributed by atoms with E-state index in [1.165, 1.54) is 6.33 Å². The first-order valence-corrected chi connectivity index (χ1v) is 9.35. The predicted octanol–water partition coefficient (Wildman–Crippen LogP) is 3.08. The van der Waals surface area contributed by atoms with Crippen molar-refractivity contribution in [3.8, 4) is 5.75 Å². The fraction of sp³-hybridized carbons (Fsp3) is 0.333. The summed E-state index contributed by atoms with van der Waals surface area (Å²) in [5, 5.41) is 0. The first kappa shape index (κ1) is 18.2. The van der Waals surface area contributed by atoms with E-state index in [9.17, 15) is 4.79 Å². The van der Waals surface area contributed by atoms with E-state index < -0.39 is 0 Å². The topological polar surface area (TPSA) is 81.4 Å². The van der Waals surface area contributed by atoms with Gasteiger partial charge in [-0.05, 0) is 30.5 Å². The van der Waals surface area contributed by atoms with Crippen molar-refractivity contribution in [2.24, 2.45) is 0 Å². The van der Waals surface area contributed by atoms with Gasteiger partial charge in [-0.3, -0.25) is 4.79 Å². The smallest absolute Gasteiger partial charge is 0.257 e. The Balaban J connectivity index is 1.42. The van der Waals surface area contributed by atoms with Crippen LogP contribution >= 0.6 is 0 Å². The summed E-state index contributed by atoms with van der Waals surface area (Å²) in [4.78, 5) is 26.8. The van der Waals surface area contributed by atoms with Gasteiger partial charge in [0, 0.05) is 31.9 Å². The molecule has 7 heteroatoms. The van der Waals surface area contributed by atoms with E-state index >= 15 is 0 Å². The molecule has 0 aliphatic carbocycles. The highest BCUT2D eigenvalue weighted by atomic mass is 16.5. The average molecular weight is 378 g/mol. The fourth-order valence-corrected chi connectivity index (χ4v) is 3.49. The van der Waals surface area contributed by atoms with E-state index in [4.69, 9.17) is 9.15 Å². The van der Waals surface area contributed by atoms with E-state index in [1.54, 1.807) is 25.7 Å². The number of hydrogen-bond donors (Lipinski definition) is 0.